The van der Waals surface area contributed by atoms with Crippen molar-refractivity contribution in [2.45, 2.75) is 6.61 Å². The van der Waals surface area contributed by atoms with Crippen LogP contribution in [-0.2, 0) is 11.3 Å². The van der Waals surface area contributed by atoms with Crippen LogP contribution in [0, 0.1) is 3.57 Å². The van der Waals surface area contributed by atoms with Gasteiger partial charge in [0.2, 0.25) is 0 Å². The number of hydrogen-bond acceptors (Lipinski definition) is 5. The number of hydrogen-bond donors (Lipinski definition) is 0. The van der Waals surface area contributed by atoms with Crippen molar-refractivity contribution in [3.63, 3.8) is 0 Å². The van der Waals surface area contributed by atoms with Gasteiger partial charge in [0.25, 0.3) is 0 Å². The van der Waals surface area contributed by atoms with E-state index in [1.54, 1.807) is 26.4 Å². The Hall–Kier alpha value is -3.00. The number of halogens is 1. The summed E-state index contributed by atoms with van der Waals surface area (Å²) in [4.78, 5) is 11.5. The summed E-state index contributed by atoms with van der Waals surface area (Å²) in [5, 5.41) is 0. The molecular weight excluding hydrogens is 507 g/mol. The molecule has 5 nitrogen and oxygen atoms in total. The maximum atomic E-state index is 11.5. The minimum absolute atomic E-state index is 0.347. The molecule has 0 aliphatic rings. The number of carbonyl (C=O) groups excluding carboxylic acids is 1. The standard InChI is InChI=1S/C25H23IO5/c1-28-21-12-8-18(9-13-21)16-31-24-22(26)14-19(15-23(24)29-2)5-4-17-6-10-20(11-7-17)25(27)30-3/h4-15H,16H2,1-3H3/b5-4+. The topological polar surface area (TPSA) is 54.0 Å². The van der Waals surface area contributed by atoms with E-state index in [9.17, 15) is 4.79 Å². The Morgan fingerprint density at radius 3 is 2.16 bits per heavy atom. The van der Waals surface area contributed by atoms with Crippen LogP contribution < -0.4 is 14.2 Å². The van der Waals surface area contributed by atoms with E-state index >= 15 is 0 Å². The van der Waals surface area contributed by atoms with E-state index in [0.717, 1.165) is 26.0 Å². The summed E-state index contributed by atoms with van der Waals surface area (Å²) in [5.74, 6) is 1.84. The van der Waals surface area contributed by atoms with Crippen molar-refractivity contribution >= 4 is 40.7 Å². The molecule has 6 heteroatoms. The van der Waals surface area contributed by atoms with Gasteiger partial charge in [0.05, 0.1) is 30.5 Å². The van der Waals surface area contributed by atoms with E-state index in [4.69, 9.17) is 18.9 Å². The summed E-state index contributed by atoms with van der Waals surface area (Å²) in [6.07, 6.45) is 3.97. The van der Waals surface area contributed by atoms with Crippen LogP contribution in [0.3, 0.4) is 0 Å². The molecule has 0 aliphatic carbocycles. The first-order valence-electron chi connectivity index (χ1n) is 9.53. The largest absolute Gasteiger partial charge is 0.497 e. The molecule has 0 saturated carbocycles. The Balaban J connectivity index is 1.73. The third kappa shape index (κ3) is 6.01. The Labute approximate surface area is 195 Å². The van der Waals surface area contributed by atoms with Crippen LogP contribution >= 0.6 is 22.6 Å². The molecule has 0 aromatic heterocycles. The maximum absolute atomic E-state index is 11.5. The van der Waals surface area contributed by atoms with Gasteiger partial charge in [-0.15, -0.1) is 0 Å². The highest BCUT2D eigenvalue weighted by atomic mass is 127. The van der Waals surface area contributed by atoms with Crippen molar-refractivity contribution in [3.05, 3.63) is 86.5 Å². The second kappa shape index (κ2) is 10.9. The quantitative estimate of drug-likeness (QED) is 0.208. The number of carbonyl (C=O) groups is 1. The molecule has 0 fully saturated rings. The number of methoxy groups -OCH3 is 3. The molecular formula is C25H23IO5. The van der Waals surface area contributed by atoms with Crippen molar-refractivity contribution in [1.29, 1.82) is 0 Å². The van der Waals surface area contributed by atoms with Crippen LogP contribution in [0.1, 0.15) is 27.0 Å². The fourth-order valence-corrected chi connectivity index (χ4v) is 3.68. The van der Waals surface area contributed by atoms with Gasteiger partial charge in [0, 0.05) is 0 Å². The summed E-state index contributed by atoms with van der Waals surface area (Å²) in [7, 11) is 4.65. The second-order valence-electron chi connectivity index (χ2n) is 6.62. The fourth-order valence-electron chi connectivity index (χ4n) is 2.89. The van der Waals surface area contributed by atoms with Crippen LogP contribution in [0.2, 0.25) is 0 Å². The molecule has 31 heavy (non-hydrogen) atoms. The van der Waals surface area contributed by atoms with Crippen molar-refractivity contribution in [2.24, 2.45) is 0 Å². The minimum Gasteiger partial charge on any atom is -0.497 e. The van der Waals surface area contributed by atoms with Crippen molar-refractivity contribution < 1.29 is 23.7 Å². The minimum atomic E-state index is -0.347. The molecule has 3 rings (SSSR count). The normalized spacial score (nSPS) is 10.7. The molecule has 160 valence electrons. The maximum Gasteiger partial charge on any atom is 0.337 e. The summed E-state index contributed by atoms with van der Waals surface area (Å²) in [6, 6.07) is 19.0. The first-order chi connectivity index (χ1) is 15.0. The van der Waals surface area contributed by atoms with Gasteiger partial charge in [-0.05, 0) is 75.7 Å². The highest BCUT2D eigenvalue weighted by Crippen LogP contribution is 2.35. The lowest BCUT2D eigenvalue weighted by atomic mass is 10.1. The molecule has 3 aromatic carbocycles. The summed E-state index contributed by atoms with van der Waals surface area (Å²) >= 11 is 2.25. The predicted octanol–water partition coefficient (Wildman–Crippen LogP) is 5.84. The zero-order valence-corrected chi connectivity index (χ0v) is 19.7. The van der Waals surface area contributed by atoms with Gasteiger partial charge < -0.3 is 18.9 Å². The van der Waals surface area contributed by atoms with Gasteiger partial charge in [-0.25, -0.2) is 4.79 Å². The van der Waals surface area contributed by atoms with Gasteiger partial charge in [-0.1, -0.05) is 36.4 Å². The SMILES string of the molecule is COC(=O)c1ccc(/C=C/c2cc(I)c(OCc3ccc(OC)cc3)c(OC)c2)cc1. The average molecular weight is 530 g/mol. The summed E-state index contributed by atoms with van der Waals surface area (Å²) in [5.41, 5.74) is 3.52. The molecule has 0 aliphatic heterocycles. The molecule has 0 heterocycles. The van der Waals surface area contributed by atoms with Crippen LogP contribution in [0.25, 0.3) is 12.2 Å². The first kappa shape index (κ1) is 22.7. The molecule has 0 radical (unpaired) electrons. The highest BCUT2D eigenvalue weighted by molar-refractivity contribution is 14.1. The molecule has 0 amide bonds. The van der Waals surface area contributed by atoms with Gasteiger partial charge in [-0.3, -0.25) is 0 Å². The van der Waals surface area contributed by atoms with Crippen LogP contribution in [0.4, 0.5) is 0 Å². The Kier molecular flexibility index (Phi) is 7.94. The lowest BCUT2D eigenvalue weighted by molar-refractivity contribution is 0.0600. The second-order valence-corrected chi connectivity index (χ2v) is 7.78. The highest BCUT2D eigenvalue weighted by Gasteiger charge is 2.11. The Bertz CT molecular complexity index is 1060. The van der Waals surface area contributed by atoms with Crippen LogP contribution in [0.15, 0.2) is 60.7 Å². The monoisotopic (exact) mass is 530 g/mol. The predicted molar refractivity (Wildman–Crippen MR) is 130 cm³/mol. The lowest BCUT2D eigenvalue weighted by Crippen LogP contribution is -2.00. The van der Waals surface area contributed by atoms with E-state index in [1.165, 1.54) is 7.11 Å². The number of benzene rings is 3. The van der Waals surface area contributed by atoms with Crippen LogP contribution in [-0.4, -0.2) is 27.3 Å². The Morgan fingerprint density at radius 1 is 0.871 bits per heavy atom. The summed E-state index contributed by atoms with van der Waals surface area (Å²) < 4.78 is 22.5. The molecule has 0 spiro atoms. The summed E-state index contributed by atoms with van der Waals surface area (Å²) in [6.45, 7) is 0.429. The van der Waals surface area contributed by atoms with E-state index < -0.39 is 0 Å². The fraction of sp³-hybridized carbons (Fsp3) is 0.160. The lowest BCUT2D eigenvalue weighted by Gasteiger charge is -2.14. The van der Waals surface area contributed by atoms with Crippen molar-refractivity contribution in [1.82, 2.24) is 0 Å². The number of ether oxygens (including phenoxy) is 4. The smallest absolute Gasteiger partial charge is 0.337 e. The molecule has 0 atom stereocenters. The molecule has 0 bridgehead atoms. The van der Waals surface area contributed by atoms with E-state index in [0.29, 0.717) is 23.7 Å². The molecule has 0 saturated heterocycles. The van der Waals surface area contributed by atoms with Crippen molar-refractivity contribution in [3.8, 4) is 17.2 Å². The van der Waals surface area contributed by atoms with Crippen LogP contribution in [0.5, 0.6) is 17.2 Å². The average Bonchev–Trinajstić information content (AvgIpc) is 2.81. The van der Waals surface area contributed by atoms with Gasteiger partial charge in [0.1, 0.15) is 12.4 Å². The van der Waals surface area contributed by atoms with E-state index in [2.05, 4.69) is 22.6 Å². The third-order valence-corrected chi connectivity index (χ3v) is 5.40. The third-order valence-electron chi connectivity index (χ3n) is 4.59. The van der Waals surface area contributed by atoms with E-state index in [1.807, 2.05) is 60.7 Å². The Morgan fingerprint density at radius 2 is 1.55 bits per heavy atom. The first-order valence-corrected chi connectivity index (χ1v) is 10.6. The zero-order chi connectivity index (χ0) is 22.2. The number of rotatable bonds is 8. The van der Waals surface area contributed by atoms with Gasteiger partial charge in [-0.2, -0.15) is 0 Å². The van der Waals surface area contributed by atoms with Gasteiger partial charge in [0.15, 0.2) is 11.5 Å². The van der Waals surface area contributed by atoms with Gasteiger partial charge >= 0.3 is 5.97 Å². The van der Waals surface area contributed by atoms with Crippen molar-refractivity contribution in [2.75, 3.05) is 21.3 Å². The van der Waals surface area contributed by atoms with E-state index in [-0.39, 0.29) is 5.97 Å². The number of esters is 1. The zero-order valence-electron chi connectivity index (χ0n) is 17.6. The molecule has 0 unspecified atom stereocenters. The molecule has 3 aromatic rings. The molecule has 0 N–H and O–H groups in total.